The normalized spacial score (nSPS) is 16.9. The van der Waals surface area contributed by atoms with E-state index < -0.39 is 5.54 Å². The summed E-state index contributed by atoms with van der Waals surface area (Å²) in [6.07, 6.45) is 4.15. The second kappa shape index (κ2) is 8.49. The van der Waals surface area contributed by atoms with Crippen LogP contribution < -0.4 is 10.9 Å². The highest BCUT2D eigenvalue weighted by atomic mass is 32.2. The first-order valence-electron chi connectivity index (χ1n) is 10.0. The zero-order valence-electron chi connectivity index (χ0n) is 17.7. The number of fused-ring (bicyclic) bond motifs is 1. The highest BCUT2D eigenvalue weighted by molar-refractivity contribution is 7.99. The molecule has 0 saturated heterocycles. The molecule has 1 unspecified atom stereocenters. The van der Waals surface area contributed by atoms with Gasteiger partial charge in [-0.2, -0.15) is 5.26 Å². The summed E-state index contributed by atoms with van der Waals surface area (Å²) in [4.78, 5) is 32.5. The minimum absolute atomic E-state index is 0.00957. The van der Waals surface area contributed by atoms with Gasteiger partial charge in [-0.1, -0.05) is 38.5 Å². The molecule has 2 aromatic rings. The predicted molar refractivity (Wildman–Crippen MR) is 119 cm³/mol. The number of hydrogen-bond donors (Lipinski definition) is 1. The third-order valence-electron chi connectivity index (χ3n) is 6.01. The van der Waals surface area contributed by atoms with Gasteiger partial charge in [-0.3, -0.25) is 14.2 Å². The summed E-state index contributed by atoms with van der Waals surface area (Å²) in [5, 5.41) is 13.6. The molecule has 0 spiro atoms. The molecule has 0 aromatic carbocycles. The van der Waals surface area contributed by atoms with Crippen molar-refractivity contribution in [1.29, 1.82) is 5.26 Å². The van der Waals surface area contributed by atoms with Crippen LogP contribution >= 0.6 is 23.1 Å². The molecule has 1 amide bonds. The number of aromatic nitrogens is 2. The van der Waals surface area contributed by atoms with Crippen molar-refractivity contribution < 1.29 is 4.79 Å². The van der Waals surface area contributed by atoms with Crippen LogP contribution in [0.5, 0.6) is 0 Å². The van der Waals surface area contributed by atoms with E-state index >= 15 is 0 Å². The first kappa shape index (κ1) is 21.8. The van der Waals surface area contributed by atoms with Crippen molar-refractivity contribution in [3.63, 3.8) is 0 Å². The number of nitriles is 1. The molecule has 2 heterocycles. The first-order valence-corrected chi connectivity index (χ1v) is 11.9. The molecule has 29 heavy (non-hydrogen) atoms. The van der Waals surface area contributed by atoms with Crippen molar-refractivity contribution in [2.24, 2.45) is 5.92 Å². The zero-order chi connectivity index (χ0) is 21.3. The molecule has 1 atom stereocenters. The Morgan fingerprint density at radius 3 is 2.66 bits per heavy atom. The summed E-state index contributed by atoms with van der Waals surface area (Å²) < 4.78 is 1.82. The third-order valence-corrected chi connectivity index (χ3v) is 8.06. The first-order chi connectivity index (χ1) is 13.7. The van der Waals surface area contributed by atoms with Crippen molar-refractivity contribution in [3.8, 4) is 6.07 Å². The molecular formula is C21H28N4O2S2. The van der Waals surface area contributed by atoms with Crippen molar-refractivity contribution in [3.05, 3.63) is 20.8 Å². The maximum absolute atomic E-state index is 13.4. The summed E-state index contributed by atoms with van der Waals surface area (Å²) in [6.45, 7) is 9.54. The quantitative estimate of drug-likeness (QED) is 0.542. The summed E-state index contributed by atoms with van der Waals surface area (Å²) in [7, 11) is 0. The number of nitrogens with one attached hydrogen (secondary N) is 1. The minimum Gasteiger partial charge on any atom is -0.337 e. The molecule has 0 aliphatic heterocycles. The molecule has 1 aliphatic carbocycles. The Kier molecular flexibility index (Phi) is 6.39. The van der Waals surface area contributed by atoms with E-state index in [0.717, 1.165) is 41.0 Å². The van der Waals surface area contributed by atoms with Crippen LogP contribution in [0.25, 0.3) is 10.2 Å². The lowest BCUT2D eigenvalue weighted by atomic mass is 9.90. The molecule has 1 N–H and O–H groups in total. The van der Waals surface area contributed by atoms with Gasteiger partial charge in [0, 0.05) is 10.9 Å². The molecule has 156 valence electrons. The summed E-state index contributed by atoms with van der Waals surface area (Å²) in [6, 6.07) is 2.34. The second-order valence-electron chi connectivity index (χ2n) is 8.28. The van der Waals surface area contributed by atoms with E-state index in [0.29, 0.717) is 10.5 Å². The standard InChI is InChI=1S/C21H28N4O2S2/c1-12(2)21(5,11-22)24-16(26)10-28-20-23-18-17(13(3)14(4)29-18)19(27)25(20)15-8-6-7-9-15/h12,15H,6-10H2,1-5H3,(H,24,26). The van der Waals surface area contributed by atoms with Gasteiger partial charge in [-0.15, -0.1) is 11.3 Å². The van der Waals surface area contributed by atoms with Crippen LogP contribution in [-0.4, -0.2) is 26.8 Å². The lowest BCUT2D eigenvalue weighted by Gasteiger charge is -2.27. The van der Waals surface area contributed by atoms with Gasteiger partial charge >= 0.3 is 0 Å². The van der Waals surface area contributed by atoms with Crippen molar-refractivity contribution >= 4 is 39.2 Å². The van der Waals surface area contributed by atoms with Crippen molar-refractivity contribution in [2.75, 3.05) is 5.75 Å². The number of thiophene rings is 1. The maximum atomic E-state index is 13.4. The number of amides is 1. The van der Waals surface area contributed by atoms with Gasteiger partial charge in [0.1, 0.15) is 10.4 Å². The molecule has 6 nitrogen and oxygen atoms in total. The molecular weight excluding hydrogens is 404 g/mol. The number of hydrogen-bond acceptors (Lipinski definition) is 6. The van der Waals surface area contributed by atoms with E-state index in [-0.39, 0.29) is 29.2 Å². The molecule has 1 fully saturated rings. The van der Waals surface area contributed by atoms with E-state index in [1.165, 1.54) is 23.1 Å². The summed E-state index contributed by atoms with van der Waals surface area (Å²) >= 11 is 2.81. The Labute approximate surface area is 179 Å². The van der Waals surface area contributed by atoms with Crippen molar-refractivity contribution in [2.45, 2.75) is 77.0 Å². The van der Waals surface area contributed by atoms with Crippen LogP contribution in [0.1, 0.15) is 62.9 Å². The third kappa shape index (κ3) is 4.22. The highest BCUT2D eigenvalue weighted by Gasteiger charge is 2.30. The fraction of sp³-hybridized carbons (Fsp3) is 0.619. The number of thioether (sulfide) groups is 1. The molecule has 8 heteroatoms. The van der Waals surface area contributed by atoms with Gasteiger partial charge in [0.25, 0.3) is 5.56 Å². The average molecular weight is 433 g/mol. The Balaban J connectivity index is 1.92. The maximum Gasteiger partial charge on any atom is 0.263 e. The van der Waals surface area contributed by atoms with Crippen LogP contribution in [0.15, 0.2) is 9.95 Å². The monoisotopic (exact) mass is 432 g/mol. The van der Waals surface area contributed by atoms with Gasteiger partial charge in [-0.05, 0) is 45.1 Å². The SMILES string of the molecule is Cc1sc2nc(SCC(=O)NC(C)(C#N)C(C)C)n(C3CCCC3)c(=O)c2c1C. The van der Waals surface area contributed by atoms with Gasteiger partial charge in [-0.25, -0.2) is 4.98 Å². The Bertz CT molecular complexity index is 1030. The lowest BCUT2D eigenvalue weighted by molar-refractivity contribution is -0.120. The number of carbonyl (C=O) groups excluding carboxylic acids is 1. The largest absolute Gasteiger partial charge is 0.337 e. The molecule has 0 bridgehead atoms. The minimum atomic E-state index is -0.915. The number of rotatable bonds is 6. The molecule has 2 aromatic heterocycles. The molecule has 1 aliphatic rings. The van der Waals surface area contributed by atoms with Crippen LogP contribution in [0.3, 0.4) is 0 Å². The lowest BCUT2D eigenvalue weighted by Crippen LogP contribution is -2.49. The smallest absolute Gasteiger partial charge is 0.263 e. The Morgan fingerprint density at radius 2 is 2.07 bits per heavy atom. The van der Waals surface area contributed by atoms with Crippen LogP contribution in [0, 0.1) is 31.1 Å². The van der Waals surface area contributed by atoms with Crippen LogP contribution in [0.2, 0.25) is 0 Å². The summed E-state index contributed by atoms with van der Waals surface area (Å²) in [5.41, 5.74) is 0.100. The van der Waals surface area contributed by atoms with E-state index in [9.17, 15) is 14.9 Å². The second-order valence-corrected chi connectivity index (χ2v) is 10.4. The van der Waals surface area contributed by atoms with Gasteiger partial charge in [0.2, 0.25) is 5.91 Å². The van der Waals surface area contributed by atoms with Crippen molar-refractivity contribution in [1.82, 2.24) is 14.9 Å². The van der Waals surface area contributed by atoms with Crippen LogP contribution in [-0.2, 0) is 4.79 Å². The fourth-order valence-corrected chi connectivity index (χ4v) is 5.57. The van der Waals surface area contributed by atoms with E-state index in [1.54, 1.807) is 6.92 Å². The van der Waals surface area contributed by atoms with Gasteiger partial charge < -0.3 is 5.32 Å². The van der Waals surface area contributed by atoms with E-state index in [4.69, 9.17) is 4.98 Å². The molecule has 3 rings (SSSR count). The number of nitrogens with zero attached hydrogens (tertiary/aromatic N) is 3. The predicted octanol–water partition coefficient (Wildman–Crippen LogP) is 4.34. The Morgan fingerprint density at radius 1 is 1.41 bits per heavy atom. The topological polar surface area (TPSA) is 87.8 Å². The zero-order valence-corrected chi connectivity index (χ0v) is 19.3. The van der Waals surface area contributed by atoms with E-state index in [2.05, 4.69) is 11.4 Å². The number of carbonyl (C=O) groups is 1. The fourth-order valence-electron chi connectivity index (χ4n) is 3.63. The van der Waals surface area contributed by atoms with Gasteiger partial charge in [0.15, 0.2) is 5.16 Å². The molecule has 0 radical (unpaired) electrons. The highest BCUT2D eigenvalue weighted by Crippen LogP contribution is 2.34. The Hall–Kier alpha value is -1.85. The van der Waals surface area contributed by atoms with Crippen LogP contribution in [0.4, 0.5) is 0 Å². The average Bonchev–Trinajstić information content (AvgIpc) is 3.28. The number of aryl methyl sites for hydroxylation is 2. The summed E-state index contributed by atoms with van der Waals surface area (Å²) in [5.74, 6) is -0.110. The molecule has 1 saturated carbocycles. The van der Waals surface area contributed by atoms with E-state index in [1.807, 2.05) is 32.3 Å². The van der Waals surface area contributed by atoms with Gasteiger partial charge in [0.05, 0.1) is 17.2 Å².